The van der Waals surface area contributed by atoms with E-state index in [1.807, 2.05) is 6.20 Å². The van der Waals surface area contributed by atoms with E-state index in [2.05, 4.69) is 58.4 Å². The zero-order chi connectivity index (χ0) is 12.1. The molecule has 1 fully saturated rings. The van der Waals surface area contributed by atoms with E-state index in [0.717, 1.165) is 24.3 Å². The zero-order valence-corrected chi connectivity index (χ0v) is 12.2. The van der Waals surface area contributed by atoms with Crippen molar-refractivity contribution < 1.29 is 0 Å². The lowest BCUT2D eigenvalue weighted by Crippen LogP contribution is -2.22. The van der Waals surface area contributed by atoms with Crippen LogP contribution in [0.2, 0.25) is 0 Å². The van der Waals surface area contributed by atoms with Crippen LogP contribution in [0, 0.1) is 5.92 Å². The molecular formula is C12H21N3S2. The molecule has 1 aromatic heterocycles. The molecule has 1 N–H and O–H groups in total. The Bertz CT molecular complexity index is 332. The van der Waals surface area contributed by atoms with Crippen molar-refractivity contribution in [2.24, 2.45) is 5.92 Å². The summed E-state index contributed by atoms with van der Waals surface area (Å²) in [6.07, 6.45) is 3.98. The lowest BCUT2D eigenvalue weighted by atomic mass is 10.2. The van der Waals surface area contributed by atoms with Crippen LogP contribution >= 0.6 is 23.5 Å². The number of aromatic nitrogens is 2. The summed E-state index contributed by atoms with van der Waals surface area (Å²) in [5, 5.41) is 4.16. The number of nitrogens with zero attached hydrogens (tertiary/aromatic N) is 2. The quantitative estimate of drug-likeness (QED) is 0.892. The summed E-state index contributed by atoms with van der Waals surface area (Å²) in [7, 11) is 0. The third kappa shape index (κ3) is 4.14. The Balaban J connectivity index is 1.88. The van der Waals surface area contributed by atoms with Crippen molar-refractivity contribution in [2.45, 2.75) is 25.6 Å². The fraction of sp³-hybridized carbons (Fsp3) is 0.750. The molecule has 2 heterocycles. The first-order chi connectivity index (χ1) is 8.25. The van der Waals surface area contributed by atoms with Crippen LogP contribution in [-0.4, -0.2) is 38.6 Å². The van der Waals surface area contributed by atoms with Crippen LogP contribution in [-0.2, 0) is 6.54 Å². The predicted octanol–water partition coefficient (Wildman–Crippen LogP) is 2.80. The third-order valence-corrected chi connectivity index (χ3v) is 5.50. The van der Waals surface area contributed by atoms with Crippen LogP contribution in [0.4, 0.5) is 5.95 Å². The number of anilines is 1. The Kier molecular flexibility index (Phi) is 5.10. The monoisotopic (exact) mass is 271 g/mol. The van der Waals surface area contributed by atoms with E-state index in [4.69, 9.17) is 0 Å². The molecule has 1 atom stereocenters. The lowest BCUT2D eigenvalue weighted by Gasteiger charge is -2.22. The molecule has 1 aromatic rings. The maximum atomic E-state index is 4.39. The molecule has 0 bridgehead atoms. The van der Waals surface area contributed by atoms with Crippen LogP contribution in [0.15, 0.2) is 12.4 Å². The highest BCUT2D eigenvalue weighted by Crippen LogP contribution is 2.25. The maximum Gasteiger partial charge on any atom is 0.202 e. The average molecular weight is 271 g/mol. The number of imidazole rings is 1. The van der Waals surface area contributed by atoms with Crippen molar-refractivity contribution in [1.29, 1.82) is 0 Å². The minimum absolute atomic E-state index is 0.653. The van der Waals surface area contributed by atoms with E-state index in [1.165, 1.54) is 17.3 Å². The molecule has 1 aliphatic rings. The summed E-state index contributed by atoms with van der Waals surface area (Å²) < 4.78 is 2.26. The van der Waals surface area contributed by atoms with E-state index in [-0.39, 0.29) is 0 Å². The van der Waals surface area contributed by atoms with Crippen molar-refractivity contribution in [3.05, 3.63) is 12.4 Å². The predicted molar refractivity (Wildman–Crippen MR) is 79.1 cm³/mol. The second-order valence-electron chi connectivity index (χ2n) is 4.75. The largest absolute Gasteiger partial charge is 0.355 e. The van der Waals surface area contributed by atoms with Crippen LogP contribution < -0.4 is 5.32 Å². The molecule has 2 rings (SSSR count). The lowest BCUT2D eigenvalue weighted by molar-refractivity contribution is 0.660. The van der Waals surface area contributed by atoms with Gasteiger partial charge in [0.2, 0.25) is 5.95 Å². The Hall–Kier alpha value is -0.290. The Morgan fingerprint density at radius 2 is 2.41 bits per heavy atom. The molecule has 17 heavy (non-hydrogen) atoms. The topological polar surface area (TPSA) is 29.9 Å². The molecule has 1 aliphatic heterocycles. The molecular weight excluding hydrogens is 250 g/mol. The normalized spacial score (nSPS) is 20.8. The summed E-state index contributed by atoms with van der Waals surface area (Å²) in [4.78, 5) is 4.39. The molecule has 3 nitrogen and oxygen atoms in total. The Morgan fingerprint density at radius 1 is 1.53 bits per heavy atom. The number of nitrogens with one attached hydrogen (secondary N) is 1. The van der Waals surface area contributed by atoms with Gasteiger partial charge in [-0.05, 0) is 5.92 Å². The van der Waals surface area contributed by atoms with Gasteiger partial charge in [-0.3, -0.25) is 0 Å². The van der Waals surface area contributed by atoms with Gasteiger partial charge in [-0.2, -0.15) is 23.5 Å². The molecule has 1 unspecified atom stereocenters. The van der Waals surface area contributed by atoms with Gasteiger partial charge >= 0.3 is 0 Å². The summed E-state index contributed by atoms with van der Waals surface area (Å²) in [5.41, 5.74) is 0. The van der Waals surface area contributed by atoms with Gasteiger partial charge in [0.15, 0.2) is 0 Å². The van der Waals surface area contributed by atoms with Gasteiger partial charge in [-0.15, -0.1) is 0 Å². The van der Waals surface area contributed by atoms with Crippen LogP contribution in [0.5, 0.6) is 0 Å². The maximum absolute atomic E-state index is 4.39. The van der Waals surface area contributed by atoms with Crippen molar-refractivity contribution in [3.63, 3.8) is 0 Å². The highest BCUT2D eigenvalue weighted by atomic mass is 32.2. The van der Waals surface area contributed by atoms with E-state index in [0.29, 0.717) is 5.92 Å². The molecule has 96 valence electrons. The molecule has 0 aromatic carbocycles. The van der Waals surface area contributed by atoms with E-state index in [9.17, 15) is 0 Å². The fourth-order valence-corrected chi connectivity index (χ4v) is 4.44. The molecule has 0 aliphatic carbocycles. The number of hydrogen-bond donors (Lipinski definition) is 1. The van der Waals surface area contributed by atoms with Crippen molar-refractivity contribution >= 4 is 29.5 Å². The SMILES string of the molecule is CC(C)CNc1nccn1CC1CSCCS1. The minimum atomic E-state index is 0.653. The standard InChI is InChI=1S/C12H21N3S2/c1-10(2)7-14-12-13-3-4-15(12)8-11-9-16-5-6-17-11/h3-4,10-11H,5-9H2,1-2H3,(H,13,14). The smallest absolute Gasteiger partial charge is 0.202 e. The highest BCUT2D eigenvalue weighted by molar-refractivity contribution is 8.06. The van der Waals surface area contributed by atoms with Crippen molar-refractivity contribution in [3.8, 4) is 0 Å². The van der Waals surface area contributed by atoms with Crippen LogP contribution in [0.3, 0.4) is 0 Å². The number of thioether (sulfide) groups is 2. The van der Waals surface area contributed by atoms with Gasteiger partial charge in [0, 0.05) is 48.0 Å². The van der Waals surface area contributed by atoms with E-state index >= 15 is 0 Å². The van der Waals surface area contributed by atoms with Crippen LogP contribution in [0.1, 0.15) is 13.8 Å². The molecule has 1 saturated heterocycles. The molecule has 0 radical (unpaired) electrons. The molecule has 5 heteroatoms. The first-order valence-electron chi connectivity index (χ1n) is 6.20. The average Bonchev–Trinajstić information content (AvgIpc) is 2.75. The molecule has 0 saturated carbocycles. The fourth-order valence-electron chi connectivity index (χ4n) is 1.78. The van der Waals surface area contributed by atoms with E-state index < -0.39 is 0 Å². The van der Waals surface area contributed by atoms with Gasteiger partial charge in [0.1, 0.15) is 0 Å². The first kappa shape index (κ1) is 13.1. The highest BCUT2D eigenvalue weighted by Gasteiger charge is 2.16. The second kappa shape index (κ2) is 6.59. The minimum Gasteiger partial charge on any atom is -0.355 e. The van der Waals surface area contributed by atoms with Crippen molar-refractivity contribution in [2.75, 3.05) is 29.1 Å². The first-order valence-corrected chi connectivity index (χ1v) is 8.40. The van der Waals surface area contributed by atoms with Gasteiger partial charge in [-0.25, -0.2) is 4.98 Å². The zero-order valence-electron chi connectivity index (χ0n) is 10.6. The summed E-state index contributed by atoms with van der Waals surface area (Å²) in [5.74, 6) is 5.55. The van der Waals surface area contributed by atoms with Gasteiger partial charge in [-0.1, -0.05) is 13.8 Å². The number of hydrogen-bond acceptors (Lipinski definition) is 4. The van der Waals surface area contributed by atoms with Gasteiger partial charge < -0.3 is 9.88 Å². The Labute approximate surface area is 112 Å². The van der Waals surface area contributed by atoms with Gasteiger partial charge in [0.05, 0.1) is 0 Å². The van der Waals surface area contributed by atoms with E-state index in [1.54, 1.807) is 0 Å². The molecule has 0 spiro atoms. The number of rotatable bonds is 5. The summed E-state index contributed by atoms with van der Waals surface area (Å²) >= 11 is 4.17. The van der Waals surface area contributed by atoms with Crippen LogP contribution in [0.25, 0.3) is 0 Å². The second-order valence-corrected chi connectivity index (χ2v) is 7.30. The summed E-state index contributed by atoms with van der Waals surface area (Å²) in [6.45, 7) is 6.50. The van der Waals surface area contributed by atoms with Crippen molar-refractivity contribution in [1.82, 2.24) is 9.55 Å². The van der Waals surface area contributed by atoms with Gasteiger partial charge in [0.25, 0.3) is 0 Å². The Morgan fingerprint density at radius 3 is 3.12 bits per heavy atom. The molecule has 0 amide bonds. The summed E-state index contributed by atoms with van der Waals surface area (Å²) in [6, 6.07) is 0. The third-order valence-electron chi connectivity index (χ3n) is 2.67.